The molecule has 0 spiro atoms. The molecule has 3 aromatic rings. The van der Waals surface area contributed by atoms with Gasteiger partial charge in [0.15, 0.2) is 10.00 Å². The Bertz CT molecular complexity index is 1310. The van der Waals surface area contributed by atoms with Gasteiger partial charge < -0.3 is 9.84 Å². The number of benzene rings is 2. The van der Waals surface area contributed by atoms with Gasteiger partial charge in [-0.25, -0.2) is 9.79 Å². The molecule has 4 rings (SSSR count). The Labute approximate surface area is 181 Å². The molecule has 1 atom stereocenters. The zero-order valence-electron chi connectivity index (χ0n) is 16.1. The minimum atomic E-state index is -0.959. The standard InChI is InChI=1S/C22H18N2O4S2/c1-2-12-28-21(27)17(13-8-4-3-5-9-13)24-20(26)18(30-22(24)29)16-14-10-6-7-11-15(14)23-19(16)25/h3-11,17,26H,2,12H2,1H3. The van der Waals surface area contributed by atoms with Crippen molar-refractivity contribution in [2.24, 2.45) is 4.99 Å². The summed E-state index contributed by atoms with van der Waals surface area (Å²) in [5, 5.41) is 12.3. The van der Waals surface area contributed by atoms with E-state index in [9.17, 15) is 14.7 Å². The van der Waals surface area contributed by atoms with Crippen LogP contribution in [0, 0.1) is 3.95 Å². The molecule has 152 valence electrons. The Hall–Kier alpha value is -3.10. The van der Waals surface area contributed by atoms with Crippen LogP contribution in [-0.2, 0) is 14.3 Å². The summed E-state index contributed by atoms with van der Waals surface area (Å²) in [7, 11) is 0. The number of aromatic nitrogens is 1. The predicted molar refractivity (Wildman–Crippen MR) is 115 cm³/mol. The Kier molecular flexibility index (Phi) is 5.61. The van der Waals surface area contributed by atoms with Gasteiger partial charge in [0.25, 0.3) is 5.91 Å². The Morgan fingerprint density at radius 2 is 1.90 bits per heavy atom. The van der Waals surface area contributed by atoms with Gasteiger partial charge in [0.2, 0.25) is 5.88 Å². The topological polar surface area (TPSA) is 80.9 Å². The number of hydrogen-bond acceptors (Lipinski definition) is 6. The Morgan fingerprint density at radius 1 is 1.20 bits per heavy atom. The normalized spacial score (nSPS) is 13.6. The van der Waals surface area contributed by atoms with Crippen molar-refractivity contribution in [1.29, 1.82) is 0 Å². The largest absolute Gasteiger partial charge is 0.493 e. The molecule has 0 saturated carbocycles. The molecule has 0 fully saturated rings. The van der Waals surface area contributed by atoms with Gasteiger partial charge in [-0.05, 0) is 30.3 Å². The molecule has 1 N–H and O–H groups in total. The molecule has 1 unspecified atom stereocenters. The number of fused-ring (bicyclic) bond motifs is 1. The number of hydrogen-bond donors (Lipinski definition) is 1. The quantitative estimate of drug-likeness (QED) is 0.473. The molecule has 1 aliphatic heterocycles. The first-order valence-electron chi connectivity index (χ1n) is 9.41. The number of rotatable bonds is 6. The second-order valence-corrected chi connectivity index (χ2v) is 8.32. The molecule has 1 amide bonds. The summed E-state index contributed by atoms with van der Waals surface area (Å²) in [6.45, 7) is 2.16. The van der Waals surface area contributed by atoms with Crippen molar-refractivity contribution >= 4 is 41.0 Å². The fourth-order valence-corrected chi connectivity index (χ4v) is 4.75. The third-order valence-electron chi connectivity index (χ3n) is 4.70. The number of carbonyl (C=O) groups is 2. The highest BCUT2D eigenvalue weighted by molar-refractivity contribution is 7.73. The molecule has 1 aromatic heterocycles. The zero-order chi connectivity index (χ0) is 21.3. The number of thiazole rings is 1. The second-order valence-electron chi connectivity index (χ2n) is 6.68. The maximum atomic E-state index is 12.9. The first-order valence-corrected chi connectivity index (χ1v) is 10.6. The van der Waals surface area contributed by atoms with Crippen molar-refractivity contribution < 1.29 is 19.4 Å². The second kappa shape index (κ2) is 8.33. The number of para-hydroxylation sites is 1. The third kappa shape index (κ3) is 3.48. The number of aromatic hydroxyl groups is 1. The highest BCUT2D eigenvalue weighted by atomic mass is 32.1. The van der Waals surface area contributed by atoms with Gasteiger partial charge in [0, 0.05) is 5.22 Å². The number of amides is 1. The Balaban J connectivity index is 1.91. The van der Waals surface area contributed by atoms with E-state index >= 15 is 0 Å². The van der Waals surface area contributed by atoms with Crippen molar-refractivity contribution in [1.82, 2.24) is 4.57 Å². The van der Waals surface area contributed by atoms with E-state index in [1.807, 2.05) is 13.0 Å². The van der Waals surface area contributed by atoms with Crippen LogP contribution in [0.4, 0.5) is 0 Å². The molecule has 6 nitrogen and oxygen atoms in total. The first-order chi connectivity index (χ1) is 14.5. The van der Waals surface area contributed by atoms with Crippen molar-refractivity contribution in [2.45, 2.75) is 19.4 Å². The summed E-state index contributed by atoms with van der Waals surface area (Å²) in [6.07, 6.45) is 0.671. The van der Waals surface area contributed by atoms with Crippen LogP contribution >= 0.6 is 23.6 Å². The van der Waals surface area contributed by atoms with Gasteiger partial charge >= 0.3 is 5.97 Å². The Morgan fingerprint density at radius 3 is 2.63 bits per heavy atom. The minimum Gasteiger partial charge on any atom is -0.493 e. The van der Waals surface area contributed by atoms with Gasteiger partial charge in [0.05, 0.1) is 17.5 Å². The van der Waals surface area contributed by atoms with E-state index in [1.165, 1.54) is 4.57 Å². The fraction of sp³-hybridized carbons (Fsp3) is 0.182. The minimum absolute atomic E-state index is 0.248. The van der Waals surface area contributed by atoms with Gasteiger partial charge in [-0.1, -0.05) is 55.5 Å². The number of nitrogens with zero attached hydrogens (tertiary/aromatic N) is 2. The average Bonchev–Trinajstić information content (AvgIpc) is 3.23. The zero-order valence-corrected chi connectivity index (χ0v) is 17.7. The van der Waals surface area contributed by atoms with Crippen LogP contribution < -0.4 is 10.6 Å². The summed E-state index contributed by atoms with van der Waals surface area (Å²) < 4.78 is 6.99. The summed E-state index contributed by atoms with van der Waals surface area (Å²) in [5.41, 5.74) is 0.911. The van der Waals surface area contributed by atoms with E-state index in [0.29, 0.717) is 27.4 Å². The summed E-state index contributed by atoms with van der Waals surface area (Å²) in [5.74, 6) is -1.21. The number of ether oxygens (including phenoxy) is 1. The molecule has 0 aliphatic carbocycles. The highest BCUT2D eigenvalue weighted by Crippen LogP contribution is 2.37. The molecular weight excluding hydrogens is 420 g/mol. The molecule has 30 heavy (non-hydrogen) atoms. The molecule has 0 radical (unpaired) electrons. The van der Waals surface area contributed by atoms with Crippen molar-refractivity contribution in [3.8, 4) is 5.88 Å². The average molecular weight is 439 g/mol. The van der Waals surface area contributed by atoms with Crippen LogP contribution in [0.15, 0.2) is 59.6 Å². The lowest BCUT2D eigenvalue weighted by molar-refractivity contribution is -0.146. The molecule has 8 heteroatoms. The molecular formula is C22H18N2O4S2. The molecule has 1 aliphatic rings. The first kappa shape index (κ1) is 20.2. The van der Waals surface area contributed by atoms with E-state index in [1.54, 1.807) is 48.5 Å². The monoisotopic (exact) mass is 438 g/mol. The van der Waals surface area contributed by atoms with E-state index in [4.69, 9.17) is 17.0 Å². The smallest absolute Gasteiger partial charge is 0.334 e. The van der Waals surface area contributed by atoms with Crippen LogP contribution in [-0.4, -0.2) is 28.2 Å². The lowest BCUT2D eigenvalue weighted by Gasteiger charge is -2.19. The molecule has 0 saturated heterocycles. The van der Waals surface area contributed by atoms with Crippen LogP contribution in [0.1, 0.15) is 29.8 Å². The maximum absolute atomic E-state index is 12.9. The number of esters is 1. The number of carbonyl (C=O) groups excluding carboxylic acids is 2. The van der Waals surface area contributed by atoms with E-state index in [2.05, 4.69) is 4.99 Å². The lowest BCUT2D eigenvalue weighted by Crippen LogP contribution is -2.24. The summed E-state index contributed by atoms with van der Waals surface area (Å²) >= 11 is 6.57. The van der Waals surface area contributed by atoms with Gasteiger partial charge in [-0.3, -0.25) is 9.36 Å². The van der Waals surface area contributed by atoms with Crippen molar-refractivity contribution in [2.75, 3.05) is 6.61 Å². The van der Waals surface area contributed by atoms with Crippen LogP contribution in [0.3, 0.4) is 0 Å². The van der Waals surface area contributed by atoms with Gasteiger partial charge in [0.1, 0.15) is 4.88 Å². The van der Waals surface area contributed by atoms with Crippen molar-refractivity contribution in [3.63, 3.8) is 0 Å². The van der Waals surface area contributed by atoms with Crippen LogP contribution in [0.2, 0.25) is 0 Å². The predicted octanol–water partition coefficient (Wildman–Crippen LogP) is 2.89. The van der Waals surface area contributed by atoms with Crippen LogP contribution in [0.25, 0.3) is 5.57 Å². The highest BCUT2D eigenvalue weighted by Gasteiger charge is 2.32. The summed E-state index contributed by atoms with van der Waals surface area (Å²) in [4.78, 5) is 29.8. The van der Waals surface area contributed by atoms with Crippen molar-refractivity contribution in [3.05, 3.63) is 79.6 Å². The molecule has 2 heterocycles. The fourth-order valence-electron chi connectivity index (χ4n) is 3.36. The van der Waals surface area contributed by atoms with E-state index < -0.39 is 17.9 Å². The molecule has 2 aromatic carbocycles. The lowest BCUT2D eigenvalue weighted by atomic mass is 10.1. The molecule has 0 bridgehead atoms. The SMILES string of the molecule is CCCOC(=O)C(c1ccccc1)n1c(O)c(C2=c3ccccc3=NC2=O)sc1=S. The van der Waals surface area contributed by atoms with Crippen LogP contribution in [0.5, 0.6) is 5.88 Å². The van der Waals surface area contributed by atoms with E-state index in [0.717, 1.165) is 11.3 Å². The van der Waals surface area contributed by atoms with Gasteiger partial charge in [-0.15, -0.1) is 11.3 Å². The van der Waals surface area contributed by atoms with E-state index in [-0.39, 0.29) is 22.0 Å². The third-order valence-corrected chi connectivity index (χ3v) is 6.11. The maximum Gasteiger partial charge on any atom is 0.334 e. The van der Waals surface area contributed by atoms with Gasteiger partial charge in [-0.2, -0.15) is 0 Å². The summed E-state index contributed by atoms with van der Waals surface area (Å²) in [6, 6.07) is 15.1.